The van der Waals surface area contributed by atoms with E-state index in [1.54, 1.807) is 44.6 Å². The van der Waals surface area contributed by atoms with Crippen LogP contribution in [0.4, 0.5) is 5.69 Å². The molecule has 2 amide bonds. The van der Waals surface area contributed by atoms with Gasteiger partial charge >= 0.3 is 0 Å². The predicted molar refractivity (Wildman–Crippen MR) is 169 cm³/mol. The van der Waals surface area contributed by atoms with Crippen molar-refractivity contribution in [1.29, 1.82) is 0 Å². The van der Waals surface area contributed by atoms with Crippen LogP contribution in [0.3, 0.4) is 0 Å². The third-order valence-electron chi connectivity index (χ3n) is 7.41. The third-order valence-corrected chi connectivity index (χ3v) is 7.41. The van der Waals surface area contributed by atoms with Gasteiger partial charge in [-0.1, -0.05) is 124 Å². The van der Waals surface area contributed by atoms with Crippen molar-refractivity contribution in [2.75, 3.05) is 18.4 Å². The van der Waals surface area contributed by atoms with Gasteiger partial charge in [0.25, 0.3) is 0 Å². The maximum Gasteiger partial charge on any atom is 0.248 e. The van der Waals surface area contributed by atoms with E-state index in [0.29, 0.717) is 12.0 Å². The van der Waals surface area contributed by atoms with Crippen LogP contribution in [0, 0.1) is 17.8 Å². The lowest BCUT2D eigenvalue weighted by Crippen LogP contribution is -2.21. The zero-order chi connectivity index (χ0) is 28.8. The number of nitrogens with one attached hydrogen (secondary N) is 2. The number of anilines is 1. The Morgan fingerprint density at radius 3 is 1.98 bits per heavy atom. The molecule has 7 rings (SSSR count). The van der Waals surface area contributed by atoms with Crippen LogP contribution < -0.4 is 16.4 Å². The zero-order valence-corrected chi connectivity index (χ0v) is 24.4. The number of fused-ring (bicyclic) bond motifs is 4. The largest absolute Gasteiger partial charge is 0.385 e. The van der Waals surface area contributed by atoms with Crippen LogP contribution in [0.25, 0.3) is 0 Å². The molecule has 40 heavy (non-hydrogen) atoms. The van der Waals surface area contributed by atoms with Crippen LogP contribution in [-0.2, 0) is 16.0 Å². The van der Waals surface area contributed by atoms with E-state index in [2.05, 4.69) is 41.8 Å². The number of carbonyl (C=O) groups is 2. The number of amides is 2. The van der Waals surface area contributed by atoms with Crippen molar-refractivity contribution >= 4 is 18.0 Å². The summed E-state index contributed by atoms with van der Waals surface area (Å²) >= 11 is 0. The highest BCUT2D eigenvalue weighted by Crippen LogP contribution is 2.40. The Hall–Kier alpha value is -3.60. The maximum atomic E-state index is 10.6. The summed E-state index contributed by atoms with van der Waals surface area (Å²) in [7, 11) is 0. The molecule has 1 atom stereocenters. The number of hydrogen-bond donors (Lipinski definition) is 3. The van der Waals surface area contributed by atoms with E-state index < -0.39 is 0 Å². The SMILES string of the molecule is C1CC2CCC1CC2.CCNC=O.C[C@@H]1CNc2ccccc2C1.NC(=O)C1=CCC=CC=C1.c1ccccc1. The summed E-state index contributed by atoms with van der Waals surface area (Å²) in [4.78, 5) is 19.9. The summed E-state index contributed by atoms with van der Waals surface area (Å²) in [6.45, 7) is 6.00. The van der Waals surface area contributed by atoms with Crippen LogP contribution >= 0.6 is 0 Å². The molecule has 5 heteroatoms. The number of benzene rings is 2. The van der Waals surface area contributed by atoms with Gasteiger partial charge in [0.2, 0.25) is 12.3 Å². The van der Waals surface area contributed by atoms with Gasteiger partial charge in [0.05, 0.1) is 0 Å². The highest BCUT2D eigenvalue weighted by molar-refractivity contribution is 5.94. The number of carbonyl (C=O) groups excluding carboxylic acids is 2. The Kier molecular flexibility index (Phi) is 16.6. The highest BCUT2D eigenvalue weighted by atomic mass is 16.1. The van der Waals surface area contributed by atoms with Crippen molar-refractivity contribution in [3.05, 3.63) is 102 Å². The van der Waals surface area contributed by atoms with Gasteiger partial charge in [0.1, 0.15) is 0 Å². The molecule has 3 saturated carbocycles. The summed E-state index contributed by atoms with van der Waals surface area (Å²) in [5.41, 5.74) is 8.43. The molecule has 4 N–H and O–H groups in total. The molecule has 0 unspecified atom stereocenters. The van der Waals surface area contributed by atoms with E-state index >= 15 is 0 Å². The average molecular weight is 544 g/mol. The highest BCUT2D eigenvalue weighted by Gasteiger charge is 2.26. The Morgan fingerprint density at radius 1 is 0.925 bits per heavy atom. The fourth-order valence-electron chi connectivity index (χ4n) is 5.11. The van der Waals surface area contributed by atoms with Gasteiger partial charge in [-0.2, -0.15) is 0 Å². The lowest BCUT2D eigenvalue weighted by atomic mass is 9.71. The van der Waals surface area contributed by atoms with Gasteiger partial charge in [-0.3, -0.25) is 9.59 Å². The third kappa shape index (κ3) is 14.0. The summed E-state index contributed by atoms with van der Waals surface area (Å²) in [6, 6.07) is 20.6. The van der Waals surface area contributed by atoms with Crippen molar-refractivity contribution in [3.8, 4) is 0 Å². The monoisotopic (exact) mass is 543 g/mol. The van der Waals surface area contributed by atoms with Crippen molar-refractivity contribution in [3.63, 3.8) is 0 Å². The van der Waals surface area contributed by atoms with Crippen LogP contribution in [0.1, 0.15) is 64.4 Å². The van der Waals surface area contributed by atoms with Crippen LogP contribution in [0.2, 0.25) is 0 Å². The van der Waals surface area contributed by atoms with Gasteiger partial charge in [-0.15, -0.1) is 0 Å². The zero-order valence-electron chi connectivity index (χ0n) is 24.4. The molecular weight excluding hydrogens is 494 g/mol. The molecule has 0 radical (unpaired) electrons. The molecule has 0 aromatic heterocycles. The van der Waals surface area contributed by atoms with Gasteiger partial charge < -0.3 is 16.4 Å². The fourth-order valence-corrected chi connectivity index (χ4v) is 5.11. The quantitative estimate of drug-likeness (QED) is 0.357. The van der Waals surface area contributed by atoms with Crippen molar-refractivity contribution in [2.45, 2.75) is 65.2 Å². The first-order chi connectivity index (χ1) is 19.5. The van der Waals surface area contributed by atoms with Crippen LogP contribution in [0.15, 0.2) is 96.6 Å². The second-order valence-electron chi connectivity index (χ2n) is 10.7. The molecule has 3 fully saturated rings. The molecule has 216 valence electrons. The summed E-state index contributed by atoms with van der Waals surface area (Å²) < 4.78 is 0. The van der Waals surface area contributed by atoms with E-state index in [9.17, 15) is 9.59 Å². The maximum absolute atomic E-state index is 10.6. The first-order valence-corrected chi connectivity index (χ1v) is 14.8. The first kappa shape index (κ1) is 32.6. The van der Waals surface area contributed by atoms with Gasteiger partial charge in [-0.05, 0) is 55.2 Å². The second kappa shape index (κ2) is 20.3. The molecule has 4 aliphatic carbocycles. The Balaban J connectivity index is 0.000000180. The summed E-state index contributed by atoms with van der Waals surface area (Å²) in [6.07, 6.45) is 21.2. The van der Waals surface area contributed by atoms with E-state index in [1.165, 1.54) is 17.7 Å². The van der Waals surface area contributed by atoms with Crippen molar-refractivity contribution in [1.82, 2.24) is 5.32 Å². The number of para-hydroxylation sites is 1. The number of primary amides is 1. The summed E-state index contributed by atoms with van der Waals surface area (Å²) in [5.74, 6) is 2.73. The molecule has 2 bridgehead atoms. The van der Waals surface area contributed by atoms with Crippen LogP contribution in [-0.4, -0.2) is 25.4 Å². The lowest BCUT2D eigenvalue weighted by molar-refractivity contribution is -0.114. The molecule has 1 aliphatic heterocycles. The van der Waals surface area contributed by atoms with E-state index in [4.69, 9.17) is 5.73 Å². The molecule has 2 aromatic rings. The van der Waals surface area contributed by atoms with E-state index in [1.807, 2.05) is 67.6 Å². The topological polar surface area (TPSA) is 84.2 Å². The number of allylic oxidation sites excluding steroid dienone is 4. The molecule has 0 saturated heterocycles. The molecule has 0 spiro atoms. The molecular formula is C35H49N3O2. The van der Waals surface area contributed by atoms with E-state index in [-0.39, 0.29) is 5.91 Å². The van der Waals surface area contributed by atoms with Crippen molar-refractivity contribution < 1.29 is 9.59 Å². The molecule has 5 nitrogen and oxygen atoms in total. The Labute approximate surface area is 242 Å². The Morgan fingerprint density at radius 2 is 1.50 bits per heavy atom. The van der Waals surface area contributed by atoms with Crippen LogP contribution in [0.5, 0.6) is 0 Å². The van der Waals surface area contributed by atoms with Gasteiger partial charge in [-0.25, -0.2) is 0 Å². The minimum atomic E-state index is -0.361. The smallest absolute Gasteiger partial charge is 0.248 e. The van der Waals surface area contributed by atoms with Gasteiger partial charge in [0.15, 0.2) is 0 Å². The normalized spacial score (nSPS) is 21.1. The Bertz CT molecular complexity index is 1000. The minimum absolute atomic E-state index is 0.361. The van der Waals surface area contributed by atoms with Gasteiger partial charge in [0, 0.05) is 24.4 Å². The summed E-state index contributed by atoms with van der Waals surface area (Å²) in [5, 5.41) is 5.84. The van der Waals surface area contributed by atoms with E-state index in [0.717, 1.165) is 37.3 Å². The van der Waals surface area contributed by atoms with Crippen molar-refractivity contribution in [2.24, 2.45) is 23.5 Å². The second-order valence-corrected chi connectivity index (χ2v) is 10.7. The predicted octanol–water partition coefficient (Wildman–Crippen LogP) is 7.23. The average Bonchev–Trinajstić information content (AvgIpc) is 3.31. The standard InChI is InChI=1S/C10H13N.C8H9NO.C8H14.C6H6.C3H7NO/c1-8-6-9-4-2-3-5-10(9)11-7-8;9-8(10)7-5-3-1-2-4-6-7;1-2-8-5-3-7(1)4-6-8;1-2-4-6-5-3-1;1-2-4-3-5/h2-5,8,11H,6-7H2,1H3;1-3,5-6H,4H2,(H2,9,10);7-8H,1-6H2;1-6H;3H,2H2,1H3,(H,4,5)/t8-;;;;/m0..../s1. The lowest BCUT2D eigenvalue weighted by Gasteiger charge is -2.35. The number of rotatable bonds is 3. The first-order valence-electron chi connectivity index (χ1n) is 14.8. The molecule has 2 aromatic carbocycles. The molecule has 5 aliphatic rings. The fraction of sp³-hybridized carbons (Fsp3) is 0.429. The number of hydrogen-bond acceptors (Lipinski definition) is 3. The number of nitrogens with two attached hydrogens (primary N) is 1. The minimum Gasteiger partial charge on any atom is -0.385 e. The molecule has 1 heterocycles.